The third-order valence-corrected chi connectivity index (χ3v) is 3.29. The van der Waals surface area contributed by atoms with Crippen molar-refractivity contribution in [1.82, 2.24) is 0 Å². The van der Waals surface area contributed by atoms with Gasteiger partial charge in [-0.3, -0.25) is 0 Å². The van der Waals surface area contributed by atoms with Gasteiger partial charge in [0.15, 0.2) is 0 Å². The molecule has 0 N–H and O–H groups in total. The molecule has 0 unspecified atom stereocenters. The molecular formula is C14H15Li. The zero-order chi connectivity index (χ0) is 9.76. The second-order valence-electron chi connectivity index (χ2n) is 5.29. The van der Waals surface area contributed by atoms with Gasteiger partial charge in [-0.2, -0.15) is 12.1 Å². The maximum atomic E-state index is 2.37. The second kappa shape index (κ2) is 3.48. The summed E-state index contributed by atoms with van der Waals surface area (Å²) < 4.78 is 0. The van der Waals surface area contributed by atoms with Crippen molar-refractivity contribution in [3.05, 3.63) is 41.5 Å². The van der Waals surface area contributed by atoms with Crippen LogP contribution in [0.25, 0.3) is 10.8 Å². The molecule has 0 aliphatic heterocycles. The minimum absolute atomic E-state index is 0. The SMILES string of the molecule is CC1(C)Cc2cc3cc[cH-]c3cc2C1.[Li+]. The Morgan fingerprint density at radius 3 is 2.53 bits per heavy atom. The van der Waals surface area contributed by atoms with E-state index in [0.717, 1.165) is 0 Å². The first-order valence-electron chi connectivity index (χ1n) is 5.31. The van der Waals surface area contributed by atoms with E-state index in [4.69, 9.17) is 0 Å². The Morgan fingerprint density at radius 1 is 1.13 bits per heavy atom. The molecule has 0 bridgehead atoms. The van der Waals surface area contributed by atoms with Crippen LogP contribution in [0.1, 0.15) is 25.0 Å². The Kier molecular flexibility index (Phi) is 2.53. The van der Waals surface area contributed by atoms with E-state index in [1.165, 1.54) is 23.6 Å². The van der Waals surface area contributed by atoms with E-state index < -0.39 is 0 Å². The maximum absolute atomic E-state index is 2.37. The van der Waals surface area contributed by atoms with Gasteiger partial charge in [0.25, 0.3) is 0 Å². The van der Waals surface area contributed by atoms with Crippen LogP contribution in [0.2, 0.25) is 0 Å². The Bertz CT molecular complexity index is 449. The number of benzene rings is 1. The van der Waals surface area contributed by atoms with Gasteiger partial charge in [-0.05, 0) is 18.3 Å². The first-order valence-corrected chi connectivity index (χ1v) is 5.31. The van der Waals surface area contributed by atoms with Crippen LogP contribution in [-0.4, -0.2) is 0 Å². The van der Waals surface area contributed by atoms with E-state index >= 15 is 0 Å². The molecule has 1 aliphatic rings. The average Bonchev–Trinajstić information content (AvgIpc) is 2.59. The van der Waals surface area contributed by atoms with Crippen molar-refractivity contribution in [2.24, 2.45) is 5.41 Å². The summed E-state index contributed by atoms with van der Waals surface area (Å²) in [6.07, 6.45) is 2.48. The van der Waals surface area contributed by atoms with Gasteiger partial charge in [0.1, 0.15) is 0 Å². The molecule has 0 aromatic heterocycles. The zero-order valence-corrected chi connectivity index (χ0v) is 9.80. The summed E-state index contributed by atoms with van der Waals surface area (Å²) in [5.41, 5.74) is 3.60. The monoisotopic (exact) mass is 190 g/mol. The molecule has 0 amide bonds. The average molecular weight is 190 g/mol. The van der Waals surface area contributed by atoms with Gasteiger partial charge < -0.3 is 0 Å². The van der Waals surface area contributed by atoms with Gasteiger partial charge in [0.05, 0.1) is 0 Å². The second-order valence-corrected chi connectivity index (χ2v) is 5.29. The summed E-state index contributed by atoms with van der Waals surface area (Å²) in [4.78, 5) is 0. The molecule has 1 aliphatic carbocycles. The molecule has 3 rings (SSSR count). The first kappa shape index (κ1) is 10.9. The predicted molar refractivity (Wildman–Crippen MR) is 60.7 cm³/mol. The van der Waals surface area contributed by atoms with Crippen LogP contribution in [-0.2, 0) is 12.8 Å². The third kappa shape index (κ3) is 1.78. The molecule has 0 atom stereocenters. The molecule has 1 heteroatoms. The summed E-state index contributed by atoms with van der Waals surface area (Å²) in [6.45, 7) is 4.72. The van der Waals surface area contributed by atoms with Crippen molar-refractivity contribution >= 4 is 10.8 Å². The molecular weight excluding hydrogens is 175 g/mol. The molecule has 15 heavy (non-hydrogen) atoms. The Balaban J connectivity index is 0.000000853. The van der Waals surface area contributed by atoms with E-state index in [9.17, 15) is 0 Å². The van der Waals surface area contributed by atoms with Crippen LogP contribution in [0.3, 0.4) is 0 Å². The molecule has 0 nitrogen and oxygen atoms in total. The normalized spacial score (nSPS) is 17.5. The topological polar surface area (TPSA) is 0 Å². The molecule has 0 saturated heterocycles. The molecule has 0 heterocycles. The molecule has 0 radical (unpaired) electrons. The first-order chi connectivity index (χ1) is 6.64. The van der Waals surface area contributed by atoms with Crippen molar-refractivity contribution in [2.45, 2.75) is 26.7 Å². The zero-order valence-electron chi connectivity index (χ0n) is 9.80. The van der Waals surface area contributed by atoms with Crippen LogP contribution in [0.4, 0.5) is 0 Å². The van der Waals surface area contributed by atoms with Gasteiger partial charge in [-0.25, -0.2) is 0 Å². The fourth-order valence-corrected chi connectivity index (χ4v) is 2.69. The molecule has 0 spiro atoms. The fraction of sp³-hybridized carbons (Fsp3) is 0.357. The van der Waals surface area contributed by atoms with Crippen LogP contribution in [0, 0.1) is 5.41 Å². The Morgan fingerprint density at radius 2 is 1.80 bits per heavy atom. The summed E-state index contributed by atoms with van der Waals surface area (Å²) in [5, 5.41) is 2.81. The van der Waals surface area contributed by atoms with Gasteiger partial charge in [0.2, 0.25) is 0 Å². The summed E-state index contributed by atoms with van der Waals surface area (Å²) in [6, 6.07) is 11.3. The molecule has 0 fully saturated rings. The van der Waals surface area contributed by atoms with Gasteiger partial charge in [-0.15, -0.1) is 29.0 Å². The number of hydrogen-bond acceptors (Lipinski definition) is 0. The maximum Gasteiger partial charge on any atom is 1.00 e. The van der Waals surface area contributed by atoms with E-state index in [2.05, 4.69) is 44.2 Å². The van der Waals surface area contributed by atoms with Crippen LogP contribution < -0.4 is 18.9 Å². The number of hydrogen-bond donors (Lipinski definition) is 0. The largest absolute Gasteiger partial charge is 1.00 e. The summed E-state index contributed by atoms with van der Waals surface area (Å²) in [5.74, 6) is 0. The van der Waals surface area contributed by atoms with E-state index in [1.807, 2.05) is 0 Å². The minimum atomic E-state index is 0. The van der Waals surface area contributed by atoms with Crippen molar-refractivity contribution in [2.75, 3.05) is 0 Å². The minimum Gasteiger partial charge on any atom is -0.168 e. The molecule has 72 valence electrons. The quantitative estimate of drug-likeness (QED) is 0.423. The van der Waals surface area contributed by atoms with Crippen LogP contribution >= 0.6 is 0 Å². The van der Waals surface area contributed by atoms with Crippen molar-refractivity contribution in [3.8, 4) is 0 Å². The fourth-order valence-electron chi connectivity index (χ4n) is 2.69. The van der Waals surface area contributed by atoms with Crippen LogP contribution in [0.15, 0.2) is 30.3 Å². The van der Waals surface area contributed by atoms with Crippen LogP contribution in [0.5, 0.6) is 0 Å². The van der Waals surface area contributed by atoms with E-state index in [0.29, 0.717) is 5.41 Å². The van der Waals surface area contributed by atoms with E-state index in [-0.39, 0.29) is 18.9 Å². The smallest absolute Gasteiger partial charge is 0.168 e. The van der Waals surface area contributed by atoms with Crippen molar-refractivity contribution in [1.29, 1.82) is 0 Å². The number of fused-ring (bicyclic) bond motifs is 2. The predicted octanol–water partition coefficient (Wildman–Crippen LogP) is 0.687. The van der Waals surface area contributed by atoms with Gasteiger partial charge in [0, 0.05) is 0 Å². The van der Waals surface area contributed by atoms with Gasteiger partial charge in [-0.1, -0.05) is 25.0 Å². The standard InChI is InChI=1S/C14H15.Li/c1-14(2)8-12-6-10-4-3-5-11(10)7-13(12)9-14;/h3-7H,8-9H2,1-2H3;/q-1;+1. The van der Waals surface area contributed by atoms with Gasteiger partial charge >= 0.3 is 18.9 Å². The van der Waals surface area contributed by atoms with E-state index in [1.54, 1.807) is 11.1 Å². The Labute approximate surface area is 103 Å². The number of rotatable bonds is 0. The van der Waals surface area contributed by atoms with Crippen molar-refractivity contribution in [3.63, 3.8) is 0 Å². The van der Waals surface area contributed by atoms with Crippen molar-refractivity contribution < 1.29 is 18.9 Å². The molecule has 0 saturated carbocycles. The summed E-state index contributed by atoms with van der Waals surface area (Å²) in [7, 11) is 0. The molecule has 2 aromatic rings. The third-order valence-electron chi connectivity index (χ3n) is 3.29. The Hall–Kier alpha value is -0.573. The molecule has 2 aromatic carbocycles. The summed E-state index contributed by atoms with van der Waals surface area (Å²) >= 11 is 0.